The van der Waals surface area contributed by atoms with E-state index in [1.165, 1.54) is 40.7 Å². The summed E-state index contributed by atoms with van der Waals surface area (Å²) in [5, 5.41) is 0.288. The van der Waals surface area contributed by atoms with Crippen LogP contribution in [0.4, 0.5) is 5.69 Å². The fourth-order valence-corrected chi connectivity index (χ4v) is 5.62. The lowest BCUT2D eigenvalue weighted by molar-refractivity contribution is 0.445. The van der Waals surface area contributed by atoms with Gasteiger partial charge >= 0.3 is 0 Å². The Morgan fingerprint density at radius 2 is 1.62 bits per heavy atom. The molecule has 0 aliphatic heterocycles. The minimum absolute atomic E-state index is 0.0163. The Morgan fingerprint density at radius 1 is 0.962 bits per heavy atom. The predicted octanol–water partition coefficient (Wildman–Crippen LogP) is 3.82. The van der Waals surface area contributed by atoms with E-state index in [1.54, 1.807) is 19.9 Å². The molecule has 1 N–H and O–H groups in total. The zero-order valence-corrected chi connectivity index (χ0v) is 17.3. The number of anilines is 1. The van der Waals surface area contributed by atoms with Gasteiger partial charge in [-0.1, -0.05) is 43.1 Å². The topological polar surface area (TPSA) is 83.6 Å². The Kier molecular flexibility index (Phi) is 6.57. The van der Waals surface area contributed by atoms with Gasteiger partial charge in [-0.25, -0.2) is 16.8 Å². The molecule has 0 radical (unpaired) electrons. The van der Waals surface area contributed by atoms with E-state index in [0.29, 0.717) is 0 Å². The van der Waals surface area contributed by atoms with Crippen molar-refractivity contribution in [3.63, 3.8) is 0 Å². The van der Waals surface area contributed by atoms with Crippen molar-refractivity contribution >= 4 is 48.9 Å². The second-order valence-corrected chi connectivity index (χ2v) is 9.73. The van der Waals surface area contributed by atoms with Crippen molar-refractivity contribution in [2.75, 3.05) is 17.8 Å². The molecule has 0 unspecified atom stereocenters. The van der Waals surface area contributed by atoms with Gasteiger partial charge in [-0.3, -0.25) is 4.72 Å². The molecule has 0 atom stereocenters. The second kappa shape index (κ2) is 8.14. The molecule has 0 heterocycles. The molecule has 0 aliphatic rings. The van der Waals surface area contributed by atoms with E-state index in [-0.39, 0.29) is 38.6 Å². The third kappa shape index (κ3) is 4.50. The highest BCUT2D eigenvalue weighted by molar-refractivity contribution is 7.92. The summed E-state index contributed by atoms with van der Waals surface area (Å²) in [4.78, 5) is -0.192. The van der Waals surface area contributed by atoms with Crippen LogP contribution >= 0.6 is 23.2 Å². The normalized spacial score (nSPS) is 12.3. The number of nitrogens with zero attached hydrogens (tertiary/aromatic N) is 1. The third-order valence-electron chi connectivity index (χ3n) is 3.61. The maximum atomic E-state index is 12.7. The minimum atomic E-state index is -3.93. The molecule has 26 heavy (non-hydrogen) atoms. The van der Waals surface area contributed by atoms with Crippen LogP contribution in [0.5, 0.6) is 0 Å². The highest BCUT2D eigenvalue weighted by Gasteiger charge is 2.25. The average Bonchev–Trinajstić information content (AvgIpc) is 2.57. The molecule has 10 heteroatoms. The highest BCUT2D eigenvalue weighted by atomic mass is 35.5. The standard InChI is InChI=1S/C16H18Cl2N2O4S2/c1-3-20(4-2)26(23,24)16-11-13(8-9-15(16)18)19-25(21,22)14-7-5-6-12(17)10-14/h5-11,19H,3-4H2,1-2H3. The quantitative estimate of drug-likeness (QED) is 0.714. The van der Waals surface area contributed by atoms with E-state index in [9.17, 15) is 16.8 Å². The van der Waals surface area contributed by atoms with Crippen LogP contribution in [0, 0.1) is 0 Å². The fraction of sp³-hybridized carbons (Fsp3) is 0.250. The van der Waals surface area contributed by atoms with Crippen LogP contribution in [-0.2, 0) is 20.0 Å². The summed E-state index contributed by atoms with van der Waals surface area (Å²) in [5.74, 6) is 0. The van der Waals surface area contributed by atoms with Crippen molar-refractivity contribution in [2.24, 2.45) is 0 Å². The van der Waals surface area contributed by atoms with Gasteiger partial charge in [0.1, 0.15) is 4.90 Å². The number of sulfonamides is 2. The van der Waals surface area contributed by atoms with E-state index in [1.807, 2.05) is 0 Å². The van der Waals surface area contributed by atoms with Crippen LogP contribution in [-0.4, -0.2) is 34.2 Å². The smallest absolute Gasteiger partial charge is 0.261 e. The first-order valence-corrected chi connectivity index (χ1v) is 11.4. The van der Waals surface area contributed by atoms with Crippen molar-refractivity contribution < 1.29 is 16.8 Å². The molecule has 0 amide bonds. The molecule has 0 bridgehead atoms. The number of rotatable bonds is 7. The van der Waals surface area contributed by atoms with Crippen molar-refractivity contribution in [3.05, 3.63) is 52.5 Å². The van der Waals surface area contributed by atoms with Crippen molar-refractivity contribution in [1.82, 2.24) is 4.31 Å². The monoisotopic (exact) mass is 436 g/mol. The van der Waals surface area contributed by atoms with Gasteiger partial charge in [0.05, 0.1) is 15.6 Å². The van der Waals surface area contributed by atoms with Crippen molar-refractivity contribution in [3.8, 4) is 0 Å². The van der Waals surface area contributed by atoms with Gasteiger partial charge in [-0.2, -0.15) is 4.31 Å². The number of benzene rings is 2. The molecular weight excluding hydrogens is 419 g/mol. The molecule has 0 saturated carbocycles. The molecule has 0 aromatic heterocycles. The number of hydrogen-bond donors (Lipinski definition) is 1. The van der Waals surface area contributed by atoms with E-state index in [4.69, 9.17) is 23.2 Å². The van der Waals surface area contributed by atoms with E-state index in [0.717, 1.165) is 0 Å². The van der Waals surface area contributed by atoms with Crippen LogP contribution < -0.4 is 4.72 Å². The Labute approximate surface area is 163 Å². The summed E-state index contributed by atoms with van der Waals surface area (Å²) in [5.41, 5.74) is 0.0834. The zero-order valence-electron chi connectivity index (χ0n) is 14.1. The van der Waals surface area contributed by atoms with Crippen LogP contribution in [0.15, 0.2) is 52.3 Å². The SMILES string of the molecule is CCN(CC)S(=O)(=O)c1cc(NS(=O)(=O)c2cccc(Cl)c2)ccc1Cl. The Morgan fingerprint density at radius 3 is 2.19 bits per heavy atom. The molecule has 0 saturated heterocycles. The maximum Gasteiger partial charge on any atom is 0.261 e. The highest BCUT2D eigenvalue weighted by Crippen LogP contribution is 2.29. The number of nitrogens with one attached hydrogen (secondary N) is 1. The van der Waals surface area contributed by atoms with Crippen molar-refractivity contribution in [1.29, 1.82) is 0 Å². The van der Waals surface area contributed by atoms with Gasteiger partial charge in [0, 0.05) is 18.1 Å². The summed E-state index contributed by atoms with van der Waals surface area (Å²) in [6.07, 6.45) is 0. The summed E-state index contributed by atoms with van der Waals surface area (Å²) in [6.45, 7) is 3.96. The fourth-order valence-electron chi connectivity index (χ4n) is 2.32. The molecule has 0 fully saturated rings. The molecule has 2 aromatic carbocycles. The van der Waals surface area contributed by atoms with Gasteiger partial charge in [0.25, 0.3) is 10.0 Å². The molecule has 0 aliphatic carbocycles. The molecule has 142 valence electrons. The van der Waals surface area contributed by atoms with E-state index < -0.39 is 20.0 Å². The molecule has 2 aromatic rings. The van der Waals surface area contributed by atoms with Gasteiger partial charge in [-0.05, 0) is 36.4 Å². The minimum Gasteiger partial charge on any atom is -0.280 e. The third-order valence-corrected chi connectivity index (χ3v) is 7.76. The van der Waals surface area contributed by atoms with E-state index in [2.05, 4.69) is 4.72 Å². The predicted molar refractivity (Wildman–Crippen MR) is 104 cm³/mol. The van der Waals surface area contributed by atoms with Crippen LogP contribution in [0.1, 0.15) is 13.8 Å². The largest absolute Gasteiger partial charge is 0.280 e. The molecule has 2 rings (SSSR count). The Balaban J connectivity index is 2.44. The maximum absolute atomic E-state index is 12.7. The lowest BCUT2D eigenvalue weighted by Crippen LogP contribution is -2.30. The summed E-state index contributed by atoms with van der Waals surface area (Å²) < 4.78 is 53.9. The lowest BCUT2D eigenvalue weighted by Gasteiger charge is -2.20. The molecule has 0 spiro atoms. The first-order valence-electron chi connectivity index (χ1n) is 7.70. The zero-order chi connectivity index (χ0) is 19.5. The van der Waals surface area contributed by atoms with Gasteiger partial charge in [0.2, 0.25) is 10.0 Å². The number of hydrogen-bond acceptors (Lipinski definition) is 4. The van der Waals surface area contributed by atoms with E-state index >= 15 is 0 Å². The Hall–Kier alpha value is -1.32. The Bertz CT molecular complexity index is 1000. The second-order valence-electron chi connectivity index (χ2n) is 5.30. The molecular formula is C16H18Cl2N2O4S2. The van der Waals surface area contributed by atoms with Gasteiger partial charge in [0.15, 0.2) is 0 Å². The molecule has 6 nitrogen and oxygen atoms in total. The van der Waals surface area contributed by atoms with Crippen LogP contribution in [0.25, 0.3) is 0 Å². The van der Waals surface area contributed by atoms with Gasteiger partial charge in [-0.15, -0.1) is 0 Å². The van der Waals surface area contributed by atoms with Crippen LogP contribution in [0.3, 0.4) is 0 Å². The summed E-state index contributed by atoms with van der Waals surface area (Å²) >= 11 is 11.9. The first-order chi connectivity index (χ1) is 12.1. The van der Waals surface area contributed by atoms with Gasteiger partial charge < -0.3 is 0 Å². The summed E-state index contributed by atoms with van der Waals surface area (Å²) in [6, 6.07) is 9.69. The first kappa shape index (κ1) is 21.0. The lowest BCUT2D eigenvalue weighted by atomic mass is 10.3. The van der Waals surface area contributed by atoms with Crippen molar-refractivity contribution in [2.45, 2.75) is 23.6 Å². The number of halogens is 2. The van der Waals surface area contributed by atoms with Crippen LogP contribution in [0.2, 0.25) is 10.0 Å². The summed E-state index contributed by atoms with van der Waals surface area (Å²) in [7, 11) is -7.76. The average molecular weight is 437 g/mol.